The molecular formula is C10H17NO8. The quantitative estimate of drug-likeness (QED) is 0.337. The molecule has 0 radical (unpaired) electrons. The van der Waals surface area contributed by atoms with E-state index in [0.717, 1.165) is 19.5 Å². The van der Waals surface area contributed by atoms with Crippen LogP contribution in [0.15, 0.2) is 0 Å². The average molecular weight is 279 g/mol. The van der Waals surface area contributed by atoms with E-state index in [-0.39, 0.29) is 6.10 Å². The normalized spacial score (nSPS) is 18.3. The van der Waals surface area contributed by atoms with Crippen LogP contribution in [0.25, 0.3) is 0 Å². The zero-order chi connectivity index (χ0) is 15.1. The summed E-state index contributed by atoms with van der Waals surface area (Å²) in [5.41, 5.74) is -2.74. The van der Waals surface area contributed by atoms with E-state index in [1.807, 2.05) is 0 Å². The van der Waals surface area contributed by atoms with E-state index in [0.29, 0.717) is 0 Å². The Balaban J connectivity index is 0.000000443. The summed E-state index contributed by atoms with van der Waals surface area (Å²) in [5, 5.41) is 45.5. The number of aliphatic carboxylic acids is 3. The highest BCUT2D eigenvalue weighted by molar-refractivity contribution is 5.88. The van der Waals surface area contributed by atoms with Gasteiger partial charge in [0.2, 0.25) is 0 Å². The maximum atomic E-state index is 10.3. The Morgan fingerprint density at radius 1 is 1.11 bits per heavy atom. The van der Waals surface area contributed by atoms with Gasteiger partial charge in [-0.25, -0.2) is 4.79 Å². The summed E-state index contributed by atoms with van der Waals surface area (Å²) in [6, 6.07) is 0. The SMILES string of the molecule is O=C(O)CC(O)(CC(=O)O)C(=O)O.OC1CCNC1. The first-order valence-corrected chi connectivity index (χ1v) is 5.45. The van der Waals surface area contributed by atoms with Crippen LogP contribution in [0, 0.1) is 0 Å². The van der Waals surface area contributed by atoms with Gasteiger partial charge in [0.1, 0.15) is 0 Å². The van der Waals surface area contributed by atoms with Crippen LogP contribution in [0.5, 0.6) is 0 Å². The lowest BCUT2D eigenvalue weighted by Crippen LogP contribution is -2.42. The van der Waals surface area contributed by atoms with Crippen molar-refractivity contribution in [1.82, 2.24) is 5.32 Å². The summed E-state index contributed by atoms with van der Waals surface area (Å²) in [5.74, 6) is -5.02. The molecule has 1 aliphatic heterocycles. The third kappa shape index (κ3) is 7.34. The minimum absolute atomic E-state index is 0.0648. The van der Waals surface area contributed by atoms with Gasteiger partial charge in [-0.3, -0.25) is 9.59 Å². The first-order chi connectivity index (χ1) is 8.67. The molecule has 0 saturated carbocycles. The molecule has 0 amide bonds. The number of nitrogens with one attached hydrogen (secondary N) is 1. The van der Waals surface area contributed by atoms with Gasteiger partial charge in [0, 0.05) is 6.54 Å². The Kier molecular flexibility index (Phi) is 6.98. The minimum Gasteiger partial charge on any atom is -0.481 e. The number of carbonyl (C=O) groups is 3. The van der Waals surface area contributed by atoms with E-state index in [2.05, 4.69) is 5.32 Å². The fraction of sp³-hybridized carbons (Fsp3) is 0.700. The van der Waals surface area contributed by atoms with Gasteiger partial charge in [-0.05, 0) is 13.0 Å². The van der Waals surface area contributed by atoms with Gasteiger partial charge in [-0.2, -0.15) is 0 Å². The molecule has 6 N–H and O–H groups in total. The van der Waals surface area contributed by atoms with Crippen molar-refractivity contribution >= 4 is 17.9 Å². The minimum atomic E-state index is -2.74. The Morgan fingerprint density at radius 2 is 1.58 bits per heavy atom. The molecule has 1 rings (SSSR count). The molecule has 9 heteroatoms. The van der Waals surface area contributed by atoms with Gasteiger partial charge < -0.3 is 30.8 Å². The summed E-state index contributed by atoms with van der Waals surface area (Å²) < 4.78 is 0. The molecule has 1 saturated heterocycles. The third-order valence-corrected chi connectivity index (χ3v) is 2.32. The van der Waals surface area contributed by atoms with Crippen molar-refractivity contribution in [3.05, 3.63) is 0 Å². The van der Waals surface area contributed by atoms with Crippen molar-refractivity contribution in [2.75, 3.05) is 13.1 Å². The molecule has 110 valence electrons. The van der Waals surface area contributed by atoms with E-state index < -0.39 is 36.4 Å². The molecule has 0 aromatic carbocycles. The predicted molar refractivity (Wildman–Crippen MR) is 60.6 cm³/mol. The van der Waals surface area contributed by atoms with Crippen molar-refractivity contribution in [2.24, 2.45) is 0 Å². The molecule has 0 bridgehead atoms. The van der Waals surface area contributed by atoms with Crippen molar-refractivity contribution in [3.63, 3.8) is 0 Å². The molecular weight excluding hydrogens is 262 g/mol. The smallest absolute Gasteiger partial charge is 0.336 e. The molecule has 19 heavy (non-hydrogen) atoms. The number of carboxylic acids is 3. The van der Waals surface area contributed by atoms with Crippen molar-refractivity contribution in [1.29, 1.82) is 0 Å². The second-order valence-electron chi connectivity index (χ2n) is 4.12. The number of β-amino-alcohol motifs (C(OH)–C–C–N with tert-alkyl or cyclic N) is 1. The van der Waals surface area contributed by atoms with Crippen LogP contribution in [-0.4, -0.2) is 68.2 Å². The Bertz CT molecular complexity index is 320. The zero-order valence-electron chi connectivity index (χ0n) is 10.1. The van der Waals surface area contributed by atoms with E-state index in [1.165, 1.54) is 0 Å². The summed E-state index contributed by atoms with van der Waals surface area (Å²) in [4.78, 5) is 30.5. The monoisotopic (exact) mass is 279 g/mol. The molecule has 1 unspecified atom stereocenters. The van der Waals surface area contributed by atoms with Crippen molar-refractivity contribution < 1.29 is 39.9 Å². The summed E-state index contributed by atoms with van der Waals surface area (Å²) >= 11 is 0. The Hall–Kier alpha value is -1.71. The standard InChI is InChI=1S/C6H8O7.C4H9NO/c7-3(8)1-6(13,5(11)12)2-4(9)10;6-4-1-2-5-3-4/h13H,1-2H2,(H,7,8)(H,9,10)(H,11,12);4-6H,1-3H2. The molecule has 0 aromatic rings. The van der Waals surface area contributed by atoms with Crippen LogP contribution in [0.3, 0.4) is 0 Å². The number of aliphatic hydroxyl groups excluding tert-OH is 1. The zero-order valence-corrected chi connectivity index (χ0v) is 10.1. The van der Waals surface area contributed by atoms with Gasteiger partial charge in [0.15, 0.2) is 5.60 Å². The van der Waals surface area contributed by atoms with Crippen LogP contribution in [0.2, 0.25) is 0 Å². The van der Waals surface area contributed by atoms with E-state index in [9.17, 15) is 14.4 Å². The Labute approximate surface area is 108 Å². The Morgan fingerprint density at radius 3 is 1.74 bits per heavy atom. The van der Waals surface area contributed by atoms with E-state index in [4.69, 9.17) is 25.5 Å². The van der Waals surface area contributed by atoms with E-state index >= 15 is 0 Å². The van der Waals surface area contributed by atoms with Crippen LogP contribution >= 0.6 is 0 Å². The third-order valence-electron chi connectivity index (χ3n) is 2.32. The molecule has 1 atom stereocenters. The number of hydrogen-bond acceptors (Lipinski definition) is 6. The van der Waals surface area contributed by atoms with Crippen LogP contribution in [-0.2, 0) is 14.4 Å². The summed E-state index contributed by atoms with van der Waals surface area (Å²) in [7, 11) is 0. The van der Waals surface area contributed by atoms with Gasteiger partial charge in [-0.1, -0.05) is 0 Å². The van der Waals surface area contributed by atoms with Gasteiger partial charge >= 0.3 is 17.9 Å². The molecule has 1 heterocycles. The number of rotatable bonds is 5. The second-order valence-corrected chi connectivity index (χ2v) is 4.12. The van der Waals surface area contributed by atoms with Crippen molar-refractivity contribution in [2.45, 2.75) is 31.0 Å². The molecule has 0 aromatic heterocycles. The fourth-order valence-electron chi connectivity index (χ4n) is 1.35. The van der Waals surface area contributed by atoms with Gasteiger partial charge in [0.05, 0.1) is 18.9 Å². The highest BCUT2D eigenvalue weighted by Gasteiger charge is 2.40. The van der Waals surface area contributed by atoms with E-state index in [1.54, 1.807) is 0 Å². The first kappa shape index (κ1) is 17.3. The molecule has 0 spiro atoms. The molecule has 1 fully saturated rings. The average Bonchev–Trinajstić information content (AvgIpc) is 2.67. The lowest BCUT2D eigenvalue weighted by molar-refractivity contribution is -0.170. The maximum absolute atomic E-state index is 10.3. The lowest BCUT2D eigenvalue weighted by atomic mass is 9.96. The van der Waals surface area contributed by atoms with Crippen LogP contribution in [0.1, 0.15) is 19.3 Å². The number of carboxylic acid groups (broad SMARTS) is 3. The highest BCUT2D eigenvalue weighted by atomic mass is 16.4. The number of hydrogen-bond donors (Lipinski definition) is 6. The summed E-state index contributed by atoms with van der Waals surface area (Å²) in [6.07, 6.45) is -1.42. The first-order valence-electron chi connectivity index (χ1n) is 5.45. The molecule has 9 nitrogen and oxygen atoms in total. The molecule has 1 aliphatic rings. The van der Waals surface area contributed by atoms with Crippen LogP contribution in [0.4, 0.5) is 0 Å². The maximum Gasteiger partial charge on any atom is 0.336 e. The van der Waals surface area contributed by atoms with Gasteiger partial charge in [-0.15, -0.1) is 0 Å². The van der Waals surface area contributed by atoms with Crippen molar-refractivity contribution in [3.8, 4) is 0 Å². The number of aliphatic hydroxyl groups is 2. The highest BCUT2D eigenvalue weighted by Crippen LogP contribution is 2.15. The largest absolute Gasteiger partial charge is 0.481 e. The lowest BCUT2D eigenvalue weighted by Gasteiger charge is -2.18. The predicted octanol–water partition coefficient (Wildman–Crippen LogP) is -1.91. The van der Waals surface area contributed by atoms with Crippen LogP contribution < -0.4 is 5.32 Å². The fourth-order valence-corrected chi connectivity index (χ4v) is 1.35. The molecule has 0 aliphatic carbocycles. The topological polar surface area (TPSA) is 164 Å². The second kappa shape index (κ2) is 7.67. The summed E-state index contributed by atoms with van der Waals surface area (Å²) in [6.45, 7) is 1.78. The van der Waals surface area contributed by atoms with Gasteiger partial charge in [0.25, 0.3) is 0 Å².